The Morgan fingerprint density at radius 2 is 1.91 bits per heavy atom. The van der Waals surface area contributed by atoms with E-state index in [4.69, 9.17) is 16.3 Å². The zero-order chi connectivity index (χ0) is 16.3. The molecule has 0 aliphatic heterocycles. The van der Waals surface area contributed by atoms with Gasteiger partial charge in [0, 0.05) is 18.6 Å². The van der Waals surface area contributed by atoms with Crippen LogP contribution in [0.25, 0.3) is 0 Å². The molecule has 7 heteroatoms. The molecule has 0 heterocycles. The third-order valence-electron chi connectivity index (χ3n) is 3.16. The van der Waals surface area contributed by atoms with Gasteiger partial charge in [-0.3, -0.25) is 0 Å². The van der Waals surface area contributed by atoms with Crippen LogP contribution in [-0.4, -0.2) is 26.9 Å². The van der Waals surface area contributed by atoms with Crippen molar-refractivity contribution in [1.29, 1.82) is 0 Å². The van der Waals surface area contributed by atoms with Crippen LogP contribution in [-0.2, 0) is 16.6 Å². The van der Waals surface area contributed by atoms with Gasteiger partial charge in [-0.2, -0.15) is 4.31 Å². The maximum absolute atomic E-state index is 13.4. The van der Waals surface area contributed by atoms with Crippen LogP contribution in [0.4, 0.5) is 4.39 Å². The van der Waals surface area contributed by atoms with Crippen LogP contribution in [0.15, 0.2) is 47.4 Å². The number of ether oxygens (including phenoxy) is 1. The average molecular weight is 344 g/mol. The Labute approximate surface area is 134 Å². The second-order valence-corrected chi connectivity index (χ2v) is 7.07. The number of sulfonamides is 1. The van der Waals surface area contributed by atoms with Gasteiger partial charge in [-0.15, -0.1) is 0 Å². The van der Waals surface area contributed by atoms with Crippen molar-refractivity contribution in [2.24, 2.45) is 0 Å². The van der Waals surface area contributed by atoms with E-state index in [1.807, 2.05) is 0 Å². The molecule has 0 spiro atoms. The minimum absolute atomic E-state index is 0.0711. The molecule has 0 aromatic heterocycles. The fourth-order valence-electron chi connectivity index (χ4n) is 1.97. The van der Waals surface area contributed by atoms with E-state index in [1.165, 1.54) is 20.2 Å². The largest absolute Gasteiger partial charge is 0.495 e. The number of rotatable bonds is 5. The van der Waals surface area contributed by atoms with E-state index in [2.05, 4.69) is 0 Å². The average Bonchev–Trinajstić information content (AvgIpc) is 2.49. The zero-order valence-corrected chi connectivity index (χ0v) is 13.7. The predicted octanol–water partition coefficient (Wildman–Crippen LogP) is 3.31. The smallest absolute Gasteiger partial charge is 0.246 e. The van der Waals surface area contributed by atoms with Gasteiger partial charge in [0.1, 0.15) is 16.5 Å². The topological polar surface area (TPSA) is 46.6 Å². The van der Waals surface area contributed by atoms with Gasteiger partial charge >= 0.3 is 0 Å². The summed E-state index contributed by atoms with van der Waals surface area (Å²) in [6, 6.07) is 10.3. The van der Waals surface area contributed by atoms with Gasteiger partial charge in [0.25, 0.3) is 0 Å². The normalized spacial score (nSPS) is 11.7. The quantitative estimate of drug-likeness (QED) is 0.836. The van der Waals surface area contributed by atoms with Gasteiger partial charge in [-0.1, -0.05) is 29.8 Å². The van der Waals surface area contributed by atoms with Crippen LogP contribution in [0.5, 0.6) is 5.75 Å². The van der Waals surface area contributed by atoms with E-state index in [0.29, 0.717) is 10.6 Å². The highest BCUT2D eigenvalue weighted by molar-refractivity contribution is 7.89. The minimum Gasteiger partial charge on any atom is -0.495 e. The molecule has 0 saturated heterocycles. The summed E-state index contributed by atoms with van der Waals surface area (Å²) in [7, 11) is -1.17. The third-order valence-corrected chi connectivity index (χ3v) is 5.36. The number of benzene rings is 2. The lowest BCUT2D eigenvalue weighted by atomic mass is 10.2. The Balaban J connectivity index is 2.38. The number of hydrogen-bond acceptors (Lipinski definition) is 3. The Morgan fingerprint density at radius 3 is 2.55 bits per heavy atom. The van der Waals surface area contributed by atoms with Gasteiger partial charge in [-0.05, 0) is 29.8 Å². The fraction of sp³-hybridized carbons (Fsp3) is 0.200. The van der Waals surface area contributed by atoms with Crippen molar-refractivity contribution in [2.45, 2.75) is 11.4 Å². The lowest BCUT2D eigenvalue weighted by molar-refractivity contribution is 0.395. The minimum atomic E-state index is -3.91. The van der Waals surface area contributed by atoms with Crippen molar-refractivity contribution in [1.82, 2.24) is 4.31 Å². The van der Waals surface area contributed by atoms with Crippen molar-refractivity contribution in [3.63, 3.8) is 0 Å². The molecule has 0 aliphatic carbocycles. The molecule has 0 unspecified atom stereocenters. The molecule has 4 nitrogen and oxygen atoms in total. The maximum Gasteiger partial charge on any atom is 0.246 e. The van der Waals surface area contributed by atoms with E-state index in [-0.39, 0.29) is 17.2 Å². The summed E-state index contributed by atoms with van der Waals surface area (Å²) >= 11 is 6.04. The Bertz CT molecular complexity index is 780. The Kier molecular flexibility index (Phi) is 5.05. The van der Waals surface area contributed by atoms with Crippen LogP contribution < -0.4 is 4.74 Å². The molecule has 0 bridgehead atoms. The van der Waals surface area contributed by atoms with Gasteiger partial charge in [-0.25, -0.2) is 12.8 Å². The van der Waals surface area contributed by atoms with Crippen molar-refractivity contribution >= 4 is 21.6 Å². The molecule has 22 heavy (non-hydrogen) atoms. The molecule has 0 N–H and O–H groups in total. The summed E-state index contributed by atoms with van der Waals surface area (Å²) in [5, 5.41) is 0.468. The van der Waals surface area contributed by atoms with Gasteiger partial charge < -0.3 is 4.74 Å². The zero-order valence-electron chi connectivity index (χ0n) is 12.1. The fourth-order valence-corrected chi connectivity index (χ4v) is 3.48. The standard InChI is InChI=1S/C15H15ClFNO3S/c1-18(10-11-5-3-4-6-13(11)16)22(19,20)15-9-12(17)7-8-14(15)21-2/h3-9H,10H2,1-2H3. The van der Waals surface area contributed by atoms with Crippen molar-refractivity contribution in [3.05, 3.63) is 58.9 Å². The summed E-state index contributed by atoms with van der Waals surface area (Å²) in [5.41, 5.74) is 0.658. The van der Waals surface area contributed by atoms with E-state index >= 15 is 0 Å². The number of nitrogens with zero attached hydrogens (tertiary/aromatic N) is 1. The van der Waals surface area contributed by atoms with Crippen LogP contribution in [0.1, 0.15) is 5.56 Å². The molecule has 0 amide bonds. The molecule has 2 aromatic carbocycles. The number of halogens is 2. The van der Waals surface area contributed by atoms with E-state index in [1.54, 1.807) is 24.3 Å². The SMILES string of the molecule is COc1ccc(F)cc1S(=O)(=O)N(C)Cc1ccccc1Cl. The molecule has 2 rings (SSSR count). The first kappa shape index (κ1) is 16.7. The first-order valence-corrected chi connectivity index (χ1v) is 8.21. The summed E-state index contributed by atoms with van der Waals surface area (Å²) in [6.45, 7) is 0.0711. The van der Waals surface area contributed by atoms with Gasteiger partial charge in [0.2, 0.25) is 10.0 Å². The van der Waals surface area contributed by atoms with Gasteiger partial charge in [0.15, 0.2) is 0 Å². The summed E-state index contributed by atoms with van der Waals surface area (Å²) in [4.78, 5) is -0.218. The Hall–Kier alpha value is -1.63. The summed E-state index contributed by atoms with van der Waals surface area (Å²) < 4.78 is 44.8. The molecule has 118 valence electrons. The molecule has 0 aliphatic rings. The van der Waals surface area contributed by atoms with Crippen LogP contribution in [0.2, 0.25) is 5.02 Å². The van der Waals surface area contributed by atoms with Gasteiger partial charge in [0.05, 0.1) is 7.11 Å². The third kappa shape index (κ3) is 3.40. The number of hydrogen-bond donors (Lipinski definition) is 0. The van der Waals surface area contributed by atoms with Crippen molar-refractivity contribution in [2.75, 3.05) is 14.2 Å². The Morgan fingerprint density at radius 1 is 1.23 bits per heavy atom. The lowest BCUT2D eigenvalue weighted by Gasteiger charge is -2.19. The highest BCUT2D eigenvalue weighted by Crippen LogP contribution is 2.28. The first-order valence-electron chi connectivity index (χ1n) is 6.39. The molecule has 2 aromatic rings. The van der Waals surface area contributed by atoms with Crippen molar-refractivity contribution < 1.29 is 17.5 Å². The monoisotopic (exact) mass is 343 g/mol. The lowest BCUT2D eigenvalue weighted by Crippen LogP contribution is -2.27. The highest BCUT2D eigenvalue weighted by atomic mass is 35.5. The van der Waals surface area contributed by atoms with E-state index in [9.17, 15) is 12.8 Å². The maximum atomic E-state index is 13.4. The van der Waals surface area contributed by atoms with Crippen LogP contribution in [0.3, 0.4) is 0 Å². The first-order chi connectivity index (χ1) is 10.4. The molecule has 0 radical (unpaired) electrons. The molecule has 0 saturated carbocycles. The molecular weight excluding hydrogens is 329 g/mol. The molecule has 0 fully saturated rings. The summed E-state index contributed by atoms with van der Waals surface area (Å²) in [6.07, 6.45) is 0. The van der Waals surface area contributed by atoms with Crippen LogP contribution >= 0.6 is 11.6 Å². The summed E-state index contributed by atoms with van der Waals surface area (Å²) in [5.74, 6) is -0.557. The predicted molar refractivity (Wildman–Crippen MR) is 83.1 cm³/mol. The number of methoxy groups -OCH3 is 1. The highest BCUT2D eigenvalue weighted by Gasteiger charge is 2.26. The molecule has 0 atom stereocenters. The second-order valence-electron chi connectivity index (χ2n) is 4.65. The second kappa shape index (κ2) is 6.64. The van der Waals surface area contributed by atoms with E-state index in [0.717, 1.165) is 16.4 Å². The van der Waals surface area contributed by atoms with E-state index < -0.39 is 15.8 Å². The van der Waals surface area contributed by atoms with Crippen molar-refractivity contribution in [3.8, 4) is 5.75 Å². The van der Waals surface area contributed by atoms with Crippen LogP contribution in [0, 0.1) is 5.82 Å². The molecular formula is C15H15ClFNO3S.